The van der Waals surface area contributed by atoms with Gasteiger partial charge < -0.3 is 9.84 Å². The summed E-state index contributed by atoms with van der Waals surface area (Å²) in [6.45, 7) is 2.87. The summed E-state index contributed by atoms with van der Waals surface area (Å²) in [7, 11) is 0. The minimum Gasteiger partial charge on any atom is -0.507 e. The van der Waals surface area contributed by atoms with Crippen LogP contribution in [0.3, 0.4) is 0 Å². The predicted octanol–water partition coefficient (Wildman–Crippen LogP) is 12.3. The van der Waals surface area contributed by atoms with E-state index < -0.39 is 4.92 Å². The Hall–Kier alpha value is -3.00. The minimum absolute atomic E-state index is 0.0271. The number of phenols is 1. The molecule has 0 aliphatic rings. The molecule has 0 bridgehead atoms. The molecule has 0 unspecified atom stereocenters. The van der Waals surface area contributed by atoms with Crippen LogP contribution in [0.2, 0.25) is 0 Å². The first-order chi connectivity index (χ1) is 20.5. The van der Waals surface area contributed by atoms with Crippen molar-refractivity contribution in [2.75, 3.05) is 6.61 Å². The van der Waals surface area contributed by atoms with Gasteiger partial charge >= 0.3 is 0 Å². The van der Waals surface area contributed by atoms with Gasteiger partial charge in [0.2, 0.25) is 0 Å². The first-order valence-corrected chi connectivity index (χ1v) is 16.5. The number of phenolic OH excluding ortho intramolecular Hbond substituents is 1. The van der Waals surface area contributed by atoms with Crippen LogP contribution in [0.25, 0.3) is 10.8 Å². The molecule has 0 fully saturated rings. The van der Waals surface area contributed by atoms with Crippen LogP contribution in [0.4, 0.5) is 17.1 Å². The number of rotatable bonds is 21. The zero-order chi connectivity index (χ0) is 30.0. The highest BCUT2D eigenvalue weighted by molar-refractivity contribution is 9.10. The van der Waals surface area contributed by atoms with Crippen LogP contribution in [0.5, 0.6) is 11.5 Å². The van der Waals surface area contributed by atoms with Crippen LogP contribution in [0.1, 0.15) is 110 Å². The second-order valence-electron chi connectivity index (χ2n) is 11.0. The molecule has 0 amide bonds. The molecule has 0 aromatic heterocycles. The fourth-order valence-corrected chi connectivity index (χ4v) is 5.62. The molecule has 0 heterocycles. The molecule has 0 atom stereocenters. The van der Waals surface area contributed by atoms with Gasteiger partial charge in [0.1, 0.15) is 17.2 Å². The third kappa shape index (κ3) is 11.3. The van der Waals surface area contributed by atoms with Crippen LogP contribution >= 0.6 is 15.9 Å². The van der Waals surface area contributed by atoms with E-state index in [9.17, 15) is 15.2 Å². The number of azo groups is 1. The second-order valence-corrected chi connectivity index (χ2v) is 11.9. The van der Waals surface area contributed by atoms with Crippen molar-refractivity contribution in [3.05, 3.63) is 63.1 Å². The smallest absolute Gasteiger partial charge is 0.270 e. The van der Waals surface area contributed by atoms with Gasteiger partial charge in [0.05, 0.1) is 27.1 Å². The summed E-state index contributed by atoms with van der Waals surface area (Å²) in [5, 5.41) is 31.5. The Labute approximate surface area is 259 Å². The Balaban J connectivity index is 1.39. The van der Waals surface area contributed by atoms with Crippen LogP contribution < -0.4 is 4.74 Å². The summed E-state index contributed by atoms with van der Waals surface area (Å²) in [6.07, 6.45) is 21.2. The number of nitro groups is 1. The zero-order valence-electron chi connectivity index (χ0n) is 25.0. The topological polar surface area (TPSA) is 97.3 Å². The maximum atomic E-state index is 11.0. The summed E-state index contributed by atoms with van der Waals surface area (Å²) in [4.78, 5) is 10.6. The molecular weight excluding hydrogens is 594 g/mol. The number of halogens is 1. The normalized spacial score (nSPS) is 11.5. The molecule has 0 saturated heterocycles. The van der Waals surface area contributed by atoms with Crippen molar-refractivity contribution in [2.45, 2.75) is 110 Å². The van der Waals surface area contributed by atoms with E-state index >= 15 is 0 Å². The van der Waals surface area contributed by atoms with Gasteiger partial charge in [-0.05, 0) is 46.6 Å². The lowest BCUT2D eigenvalue weighted by Gasteiger charge is -2.12. The highest BCUT2D eigenvalue weighted by Crippen LogP contribution is 2.40. The number of ether oxygens (including phenoxy) is 1. The van der Waals surface area contributed by atoms with Crippen LogP contribution in [-0.2, 0) is 0 Å². The van der Waals surface area contributed by atoms with Gasteiger partial charge in [-0.3, -0.25) is 10.1 Å². The Bertz CT molecular complexity index is 1280. The molecule has 228 valence electrons. The summed E-state index contributed by atoms with van der Waals surface area (Å²) < 4.78 is 6.63. The molecule has 0 spiro atoms. The molecule has 3 rings (SSSR count). The number of aromatic hydroxyl groups is 1. The fraction of sp³-hybridized carbons (Fsp3) is 0.529. The molecule has 42 heavy (non-hydrogen) atoms. The highest BCUT2D eigenvalue weighted by atomic mass is 79.9. The first kappa shape index (κ1) is 33.5. The van der Waals surface area contributed by atoms with Crippen molar-refractivity contribution in [3.8, 4) is 11.5 Å². The van der Waals surface area contributed by atoms with Crippen molar-refractivity contribution in [1.29, 1.82) is 0 Å². The Kier molecular flexibility index (Phi) is 15.3. The number of non-ortho nitro benzene ring substituents is 1. The van der Waals surface area contributed by atoms with Crippen molar-refractivity contribution < 1.29 is 14.8 Å². The first-order valence-electron chi connectivity index (χ1n) is 15.7. The lowest BCUT2D eigenvalue weighted by Crippen LogP contribution is -1.98. The van der Waals surface area contributed by atoms with Crippen molar-refractivity contribution in [3.63, 3.8) is 0 Å². The van der Waals surface area contributed by atoms with Crippen molar-refractivity contribution in [1.82, 2.24) is 0 Å². The molecular formula is C34H46BrN3O4. The lowest BCUT2D eigenvalue weighted by atomic mass is 10.0. The summed E-state index contributed by atoms with van der Waals surface area (Å²) >= 11 is 3.33. The standard InChI is InChI=1S/C34H46BrN3O4/c1-2-3-4-5-6-7-8-9-10-11-12-13-14-15-16-17-25-42-33-20-18-19-28-32(39)24-23-31(34(28)33)37-36-30-22-21-27(38(40)41)26-29(30)35/h18-24,26,39H,2-17,25H2,1H3. The van der Waals surface area contributed by atoms with Crippen molar-refractivity contribution >= 4 is 43.8 Å². The molecule has 8 heteroatoms. The average molecular weight is 641 g/mol. The van der Waals surface area contributed by atoms with Gasteiger partial charge in [0.15, 0.2) is 0 Å². The maximum absolute atomic E-state index is 11.0. The summed E-state index contributed by atoms with van der Waals surface area (Å²) in [5.41, 5.74) is 0.990. The van der Waals surface area contributed by atoms with Gasteiger partial charge in [-0.1, -0.05) is 115 Å². The number of hydrogen-bond acceptors (Lipinski definition) is 6. The van der Waals surface area contributed by atoms with E-state index in [1.54, 1.807) is 18.2 Å². The molecule has 0 aliphatic carbocycles. The summed E-state index contributed by atoms with van der Waals surface area (Å²) in [5.74, 6) is 0.800. The van der Waals surface area contributed by atoms with E-state index in [4.69, 9.17) is 4.74 Å². The molecule has 3 aromatic carbocycles. The highest BCUT2D eigenvalue weighted by Gasteiger charge is 2.12. The molecule has 3 aromatic rings. The van der Waals surface area contributed by atoms with Gasteiger partial charge in [0, 0.05) is 17.5 Å². The number of hydrogen-bond donors (Lipinski definition) is 1. The number of nitro benzene ring substituents is 1. The Morgan fingerprint density at radius 3 is 1.88 bits per heavy atom. The number of benzene rings is 3. The van der Waals surface area contributed by atoms with E-state index in [-0.39, 0.29) is 11.4 Å². The SMILES string of the molecule is CCCCCCCCCCCCCCCCCCOc1cccc2c(O)ccc(N=Nc3ccc([N+](=O)[O-])cc3Br)c12. The molecule has 0 radical (unpaired) electrons. The average Bonchev–Trinajstić information content (AvgIpc) is 2.99. The van der Waals surface area contributed by atoms with Crippen LogP contribution in [0, 0.1) is 10.1 Å². The predicted molar refractivity (Wildman–Crippen MR) is 176 cm³/mol. The zero-order valence-corrected chi connectivity index (χ0v) is 26.6. The van der Waals surface area contributed by atoms with Gasteiger partial charge in [-0.15, -0.1) is 10.2 Å². The minimum atomic E-state index is -0.456. The van der Waals surface area contributed by atoms with Gasteiger partial charge in [0.25, 0.3) is 5.69 Å². The largest absolute Gasteiger partial charge is 0.507 e. The number of unbranched alkanes of at least 4 members (excludes halogenated alkanes) is 15. The molecule has 0 aliphatic heterocycles. The van der Waals surface area contributed by atoms with Crippen LogP contribution in [-0.4, -0.2) is 16.6 Å². The van der Waals surface area contributed by atoms with Gasteiger partial charge in [-0.2, -0.15) is 0 Å². The third-order valence-electron chi connectivity index (χ3n) is 7.62. The summed E-state index contributed by atoms with van der Waals surface area (Å²) in [6, 6.07) is 13.2. The quantitative estimate of drug-likeness (QED) is 0.0542. The number of fused-ring (bicyclic) bond motifs is 1. The molecule has 1 N–H and O–H groups in total. The van der Waals surface area contributed by atoms with Crippen molar-refractivity contribution in [2.24, 2.45) is 10.2 Å². The van der Waals surface area contributed by atoms with E-state index in [0.29, 0.717) is 39.0 Å². The van der Waals surface area contributed by atoms with E-state index in [0.717, 1.165) is 12.8 Å². The maximum Gasteiger partial charge on any atom is 0.270 e. The molecule has 7 nitrogen and oxygen atoms in total. The number of nitrogens with zero attached hydrogens (tertiary/aromatic N) is 3. The molecule has 0 saturated carbocycles. The fourth-order valence-electron chi connectivity index (χ4n) is 5.17. The van der Waals surface area contributed by atoms with E-state index in [2.05, 4.69) is 33.1 Å². The Morgan fingerprint density at radius 1 is 0.762 bits per heavy atom. The van der Waals surface area contributed by atoms with Gasteiger partial charge in [-0.25, -0.2) is 0 Å². The van der Waals surface area contributed by atoms with Crippen LogP contribution in [0.15, 0.2) is 63.2 Å². The van der Waals surface area contributed by atoms with E-state index in [1.807, 2.05) is 18.2 Å². The third-order valence-corrected chi connectivity index (χ3v) is 8.26. The van der Waals surface area contributed by atoms with E-state index in [1.165, 1.54) is 102 Å². The Morgan fingerprint density at radius 2 is 1.31 bits per heavy atom. The monoisotopic (exact) mass is 639 g/mol. The lowest BCUT2D eigenvalue weighted by molar-refractivity contribution is -0.384. The second kappa shape index (κ2) is 19.2.